The van der Waals surface area contributed by atoms with Gasteiger partial charge in [-0.25, -0.2) is 9.50 Å². The summed E-state index contributed by atoms with van der Waals surface area (Å²) in [5.41, 5.74) is 7.89. The van der Waals surface area contributed by atoms with Crippen LogP contribution in [0.5, 0.6) is 0 Å². The maximum absolute atomic E-state index is 6.10. The van der Waals surface area contributed by atoms with Crippen LogP contribution in [0.4, 0.5) is 5.69 Å². The predicted molar refractivity (Wildman–Crippen MR) is 67.8 cm³/mol. The Bertz CT molecular complexity index is 690. The molecule has 0 unspecified atom stereocenters. The highest BCUT2D eigenvalue weighted by Crippen LogP contribution is 2.25. The lowest BCUT2D eigenvalue weighted by atomic mass is 10.2. The smallest absolute Gasteiger partial charge is 0.183 e. The van der Waals surface area contributed by atoms with Gasteiger partial charge in [0.15, 0.2) is 11.5 Å². The van der Waals surface area contributed by atoms with Crippen molar-refractivity contribution >= 4 is 22.9 Å². The van der Waals surface area contributed by atoms with E-state index in [-0.39, 0.29) is 0 Å². The summed E-state index contributed by atoms with van der Waals surface area (Å²) in [5.74, 6) is 0.598. The Kier molecular flexibility index (Phi) is 2.23. The number of rotatable bonds is 1. The zero-order chi connectivity index (χ0) is 11.8. The van der Waals surface area contributed by atoms with Gasteiger partial charge >= 0.3 is 0 Å². The van der Waals surface area contributed by atoms with Crippen LogP contribution in [0, 0.1) is 0 Å². The Hall–Kier alpha value is -2.07. The van der Waals surface area contributed by atoms with Gasteiger partial charge in [-0.3, -0.25) is 0 Å². The maximum atomic E-state index is 6.10. The molecule has 84 valence electrons. The maximum Gasteiger partial charge on any atom is 0.183 e. The standard InChI is InChI=1S/C12H9ClN4/c13-10-4-2-1-3-9(10)12-15-11-6-5-8(14)7-17(11)16-12/h1-7H,14H2. The molecule has 4 nitrogen and oxygen atoms in total. The van der Waals surface area contributed by atoms with Gasteiger partial charge in [-0.1, -0.05) is 23.7 Å². The van der Waals surface area contributed by atoms with Crippen LogP contribution in [0.15, 0.2) is 42.6 Å². The number of aromatic nitrogens is 3. The fraction of sp³-hybridized carbons (Fsp3) is 0. The quantitative estimate of drug-likeness (QED) is 0.716. The van der Waals surface area contributed by atoms with Crippen LogP contribution in [0.3, 0.4) is 0 Å². The summed E-state index contributed by atoms with van der Waals surface area (Å²) in [5, 5.41) is 4.98. The predicted octanol–water partition coefficient (Wildman–Crippen LogP) is 2.63. The average Bonchev–Trinajstić information content (AvgIpc) is 2.72. The minimum absolute atomic E-state index is 0.598. The number of nitrogen functional groups attached to an aromatic ring is 1. The second kappa shape index (κ2) is 3.75. The molecule has 2 aromatic heterocycles. The van der Waals surface area contributed by atoms with Gasteiger partial charge in [-0.2, -0.15) is 0 Å². The third-order valence-electron chi connectivity index (χ3n) is 2.47. The zero-order valence-electron chi connectivity index (χ0n) is 8.84. The number of benzene rings is 1. The first-order valence-corrected chi connectivity index (χ1v) is 5.48. The SMILES string of the molecule is Nc1ccc2nc(-c3ccccc3Cl)nn2c1. The summed E-state index contributed by atoms with van der Waals surface area (Å²) in [6.45, 7) is 0. The van der Waals surface area contributed by atoms with E-state index in [0.717, 1.165) is 11.2 Å². The van der Waals surface area contributed by atoms with Gasteiger partial charge in [0.25, 0.3) is 0 Å². The fourth-order valence-corrected chi connectivity index (χ4v) is 1.88. The van der Waals surface area contributed by atoms with Crippen molar-refractivity contribution in [3.05, 3.63) is 47.6 Å². The number of nitrogens with two attached hydrogens (primary N) is 1. The third-order valence-corrected chi connectivity index (χ3v) is 2.80. The molecule has 2 N–H and O–H groups in total. The molecule has 0 aliphatic heterocycles. The highest BCUT2D eigenvalue weighted by molar-refractivity contribution is 6.33. The molecule has 0 saturated heterocycles. The van der Waals surface area contributed by atoms with Crippen molar-refractivity contribution in [3.8, 4) is 11.4 Å². The molecular formula is C12H9ClN4. The van der Waals surface area contributed by atoms with E-state index in [1.54, 1.807) is 16.8 Å². The van der Waals surface area contributed by atoms with Gasteiger partial charge in [0.05, 0.1) is 16.9 Å². The Labute approximate surface area is 103 Å². The molecule has 0 bridgehead atoms. The third kappa shape index (κ3) is 1.72. The van der Waals surface area contributed by atoms with Crippen LogP contribution in [-0.2, 0) is 0 Å². The minimum atomic E-state index is 0.598. The van der Waals surface area contributed by atoms with Crippen LogP contribution in [-0.4, -0.2) is 14.6 Å². The first kappa shape index (κ1) is 10.1. The second-order valence-electron chi connectivity index (χ2n) is 3.68. The van der Waals surface area contributed by atoms with Gasteiger partial charge in [0.2, 0.25) is 0 Å². The summed E-state index contributed by atoms with van der Waals surface area (Å²) in [6.07, 6.45) is 1.72. The van der Waals surface area contributed by atoms with E-state index in [1.165, 1.54) is 0 Å². The highest BCUT2D eigenvalue weighted by atomic mass is 35.5. The molecule has 1 aromatic carbocycles. The van der Waals surface area contributed by atoms with Crippen molar-refractivity contribution in [2.24, 2.45) is 0 Å². The topological polar surface area (TPSA) is 56.2 Å². The molecule has 0 spiro atoms. The van der Waals surface area contributed by atoms with Crippen LogP contribution in [0.25, 0.3) is 17.0 Å². The molecule has 0 aliphatic carbocycles. The van der Waals surface area contributed by atoms with Crippen LogP contribution < -0.4 is 5.73 Å². The van der Waals surface area contributed by atoms with Crippen molar-refractivity contribution in [1.82, 2.24) is 14.6 Å². The van der Waals surface area contributed by atoms with Crippen molar-refractivity contribution in [2.45, 2.75) is 0 Å². The molecule has 17 heavy (non-hydrogen) atoms. The van der Waals surface area contributed by atoms with Gasteiger partial charge in [-0.05, 0) is 24.3 Å². The summed E-state index contributed by atoms with van der Waals surface area (Å²) in [4.78, 5) is 4.40. The van der Waals surface area contributed by atoms with Crippen LogP contribution >= 0.6 is 11.6 Å². The largest absolute Gasteiger partial charge is 0.397 e. The van der Waals surface area contributed by atoms with E-state index in [1.807, 2.05) is 30.3 Å². The number of fused-ring (bicyclic) bond motifs is 1. The van der Waals surface area contributed by atoms with Gasteiger partial charge < -0.3 is 5.73 Å². The molecule has 2 heterocycles. The number of pyridine rings is 1. The molecule has 0 aliphatic rings. The lowest BCUT2D eigenvalue weighted by molar-refractivity contribution is 0.968. The van der Waals surface area contributed by atoms with Crippen molar-refractivity contribution in [1.29, 1.82) is 0 Å². The van der Waals surface area contributed by atoms with Crippen molar-refractivity contribution < 1.29 is 0 Å². The Morgan fingerprint density at radius 1 is 1.12 bits per heavy atom. The van der Waals surface area contributed by atoms with E-state index in [9.17, 15) is 0 Å². The van der Waals surface area contributed by atoms with Gasteiger partial charge in [0.1, 0.15) is 0 Å². The van der Waals surface area contributed by atoms with E-state index in [4.69, 9.17) is 17.3 Å². The summed E-state index contributed by atoms with van der Waals surface area (Å²) in [6, 6.07) is 11.1. The summed E-state index contributed by atoms with van der Waals surface area (Å²) < 4.78 is 1.65. The lowest BCUT2D eigenvalue weighted by Crippen LogP contribution is -1.91. The van der Waals surface area contributed by atoms with E-state index in [0.29, 0.717) is 16.5 Å². The van der Waals surface area contributed by atoms with Crippen molar-refractivity contribution in [2.75, 3.05) is 5.73 Å². The first-order chi connectivity index (χ1) is 8.24. The van der Waals surface area contributed by atoms with E-state index >= 15 is 0 Å². The minimum Gasteiger partial charge on any atom is -0.397 e. The van der Waals surface area contributed by atoms with E-state index in [2.05, 4.69) is 10.1 Å². The number of anilines is 1. The Morgan fingerprint density at radius 3 is 2.76 bits per heavy atom. The molecule has 0 atom stereocenters. The molecule has 0 amide bonds. The molecule has 3 rings (SSSR count). The normalized spacial score (nSPS) is 10.9. The Balaban J connectivity index is 2.22. The molecule has 0 radical (unpaired) electrons. The van der Waals surface area contributed by atoms with Crippen LogP contribution in [0.1, 0.15) is 0 Å². The zero-order valence-corrected chi connectivity index (χ0v) is 9.59. The number of hydrogen-bond donors (Lipinski definition) is 1. The molecule has 0 saturated carbocycles. The molecular weight excluding hydrogens is 236 g/mol. The summed E-state index contributed by atoms with van der Waals surface area (Å²) in [7, 11) is 0. The van der Waals surface area contributed by atoms with Gasteiger partial charge in [-0.15, -0.1) is 5.10 Å². The highest BCUT2D eigenvalue weighted by Gasteiger charge is 2.09. The van der Waals surface area contributed by atoms with E-state index < -0.39 is 0 Å². The number of halogens is 1. The molecule has 0 fully saturated rings. The van der Waals surface area contributed by atoms with Crippen LogP contribution in [0.2, 0.25) is 5.02 Å². The average molecular weight is 245 g/mol. The first-order valence-electron chi connectivity index (χ1n) is 5.11. The van der Waals surface area contributed by atoms with Crippen molar-refractivity contribution in [3.63, 3.8) is 0 Å². The monoisotopic (exact) mass is 244 g/mol. The second-order valence-corrected chi connectivity index (χ2v) is 4.09. The van der Waals surface area contributed by atoms with Gasteiger partial charge in [0, 0.05) is 5.56 Å². The Morgan fingerprint density at radius 2 is 1.94 bits per heavy atom. The molecule has 3 aromatic rings. The number of nitrogens with zero attached hydrogens (tertiary/aromatic N) is 3. The summed E-state index contributed by atoms with van der Waals surface area (Å²) >= 11 is 6.10. The fourth-order valence-electron chi connectivity index (χ4n) is 1.66. The lowest BCUT2D eigenvalue weighted by Gasteiger charge is -1.96. The number of hydrogen-bond acceptors (Lipinski definition) is 3. The molecule has 5 heteroatoms.